The van der Waals surface area contributed by atoms with Gasteiger partial charge in [-0.05, 0) is 32.3 Å². The highest BCUT2D eigenvalue weighted by atomic mass is 32.2. The number of hydrogen-bond donors (Lipinski definition) is 2. The van der Waals surface area contributed by atoms with E-state index in [1.807, 2.05) is 13.8 Å². The maximum Gasteiger partial charge on any atom is 0.341 e. The topological polar surface area (TPSA) is 112 Å². The molecule has 0 aromatic carbocycles. The van der Waals surface area contributed by atoms with Crippen molar-refractivity contribution in [2.75, 3.05) is 24.0 Å². The first-order valence-corrected chi connectivity index (χ1v) is 11.0. The van der Waals surface area contributed by atoms with E-state index in [2.05, 4.69) is 15.5 Å². The molecule has 1 aliphatic rings. The summed E-state index contributed by atoms with van der Waals surface area (Å²) in [6, 6.07) is 0. The summed E-state index contributed by atoms with van der Waals surface area (Å²) in [6.45, 7) is 3.74. The van der Waals surface area contributed by atoms with E-state index >= 15 is 0 Å². The van der Waals surface area contributed by atoms with Crippen LogP contribution in [0, 0.1) is 13.8 Å². The number of nitrogens with two attached hydrogens (primary N) is 1. The number of esters is 1. The van der Waals surface area contributed by atoms with Gasteiger partial charge in [0.2, 0.25) is 11.1 Å². The molecule has 152 valence electrons. The predicted octanol–water partition coefficient (Wildman–Crippen LogP) is 3.24. The van der Waals surface area contributed by atoms with Crippen LogP contribution < -0.4 is 11.2 Å². The number of nitrogen functional groups attached to an aromatic ring is 1. The van der Waals surface area contributed by atoms with Crippen LogP contribution in [-0.2, 0) is 9.53 Å². The lowest BCUT2D eigenvalue weighted by Gasteiger charge is -2.20. The molecule has 0 atom stereocenters. The summed E-state index contributed by atoms with van der Waals surface area (Å²) < 4.78 is 6.34. The second-order valence-electron chi connectivity index (χ2n) is 6.86. The van der Waals surface area contributed by atoms with Crippen LogP contribution in [0.4, 0.5) is 5.00 Å². The molecule has 2 aromatic heterocycles. The molecule has 1 amide bonds. The smallest absolute Gasteiger partial charge is 0.341 e. The first-order valence-electron chi connectivity index (χ1n) is 9.23. The summed E-state index contributed by atoms with van der Waals surface area (Å²) in [4.78, 5) is 25.4. The Hall–Kier alpha value is -2.07. The van der Waals surface area contributed by atoms with Crippen molar-refractivity contribution in [3.63, 3.8) is 0 Å². The third kappa shape index (κ3) is 4.33. The van der Waals surface area contributed by atoms with Crippen molar-refractivity contribution in [1.29, 1.82) is 0 Å². The Bertz CT molecular complexity index is 871. The summed E-state index contributed by atoms with van der Waals surface area (Å²) in [7, 11) is 1.33. The van der Waals surface area contributed by atoms with Gasteiger partial charge in [-0.2, -0.15) is 0 Å². The molecule has 0 saturated heterocycles. The van der Waals surface area contributed by atoms with Gasteiger partial charge in [0.15, 0.2) is 5.82 Å². The standard InChI is InChI=1S/C18H25N5O3S2/c1-10-11(2)28-16(14(10)17(25)26-3)20-13(24)9-27-18-22-21-15(23(18)19)12-7-5-4-6-8-12/h12H,4-9,19H2,1-3H3,(H,20,24). The first-order chi connectivity index (χ1) is 13.4. The zero-order valence-electron chi connectivity index (χ0n) is 16.3. The van der Waals surface area contributed by atoms with E-state index in [9.17, 15) is 9.59 Å². The molecule has 1 fully saturated rings. The van der Waals surface area contributed by atoms with Crippen molar-refractivity contribution >= 4 is 40.0 Å². The number of amides is 1. The maximum absolute atomic E-state index is 12.4. The number of thioether (sulfide) groups is 1. The van der Waals surface area contributed by atoms with Gasteiger partial charge in [0.25, 0.3) is 0 Å². The van der Waals surface area contributed by atoms with E-state index in [0.717, 1.165) is 29.1 Å². The number of nitrogens with one attached hydrogen (secondary N) is 1. The minimum atomic E-state index is -0.455. The van der Waals surface area contributed by atoms with Crippen molar-refractivity contribution in [3.8, 4) is 0 Å². The lowest BCUT2D eigenvalue weighted by atomic mass is 9.89. The summed E-state index contributed by atoms with van der Waals surface area (Å²) >= 11 is 2.59. The second-order valence-corrected chi connectivity index (χ2v) is 9.03. The van der Waals surface area contributed by atoms with E-state index in [4.69, 9.17) is 10.6 Å². The van der Waals surface area contributed by atoms with Crippen LogP contribution in [-0.4, -0.2) is 39.6 Å². The fourth-order valence-corrected chi connectivity index (χ4v) is 5.11. The fourth-order valence-electron chi connectivity index (χ4n) is 3.38. The minimum Gasteiger partial charge on any atom is -0.465 e. The summed E-state index contributed by atoms with van der Waals surface area (Å²) in [5, 5.41) is 12.2. The highest BCUT2D eigenvalue weighted by Crippen LogP contribution is 2.34. The van der Waals surface area contributed by atoms with Crippen LogP contribution in [0.3, 0.4) is 0 Å². The van der Waals surface area contributed by atoms with Crippen LogP contribution in [0.25, 0.3) is 0 Å². The normalized spacial score (nSPS) is 14.8. The highest BCUT2D eigenvalue weighted by Gasteiger charge is 2.24. The fraction of sp³-hybridized carbons (Fsp3) is 0.556. The SMILES string of the molecule is COC(=O)c1c(NC(=O)CSc2nnc(C3CCCCC3)n2N)sc(C)c1C. The Balaban J connectivity index is 1.63. The average molecular weight is 424 g/mol. The largest absolute Gasteiger partial charge is 0.465 e. The molecule has 0 bridgehead atoms. The number of nitrogens with zero attached hydrogens (tertiary/aromatic N) is 3. The Morgan fingerprint density at radius 1 is 1.29 bits per heavy atom. The van der Waals surface area contributed by atoms with Gasteiger partial charge in [-0.1, -0.05) is 31.0 Å². The molecule has 0 spiro atoms. The molecular formula is C18H25N5O3S2. The number of carbonyl (C=O) groups is 2. The molecule has 0 radical (unpaired) electrons. The van der Waals surface area contributed by atoms with Crippen molar-refractivity contribution in [2.45, 2.75) is 57.0 Å². The second kappa shape index (κ2) is 8.95. The van der Waals surface area contributed by atoms with Gasteiger partial charge in [0.1, 0.15) is 5.00 Å². The molecular weight excluding hydrogens is 398 g/mol. The molecule has 2 aromatic rings. The molecule has 2 heterocycles. The monoisotopic (exact) mass is 423 g/mol. The third-order valence-corrected chi connectivity index (χ3v) is 7.09. The number of aryl methyl sites for hydroxylation is 1. The lowest BCUT2D eigenvalue weighted by Crippen LogP contribution is -2.20. The van der Waals surface area contributed by atoms with Gasteiger partial charge in [-0.15, -0.1) is 21.5 Å². The molecule has 1 aliphatic carbocycles. The zero-order chi connectivity index (χ0) is 20.3. The highest BCUT2D eigenvalue weighted by molar-refractivity contribution is 7.99. The summed E-state index contributed by atoms with van der Waals surface area (Å²) in [5.41, 5.74) is 1.23. The molecule has 0 unspecified atom stereocenters. The quantitative estimate of drug-likeness (QED) is 0.417. The lowest BCUT2D eigenvalue weighted by molar-refractivity contribution is -0.113. The van der Waals surface area contributed by atoms with Gasteiger partial charge in [0, 0.05) is 10.8 Å². The van der Waals surface area contributed by atoms with Crippen LogP contribution in [0.2, 0.25) is 0 Å². The molecule has 1 saturated carbocycles. The van der Waals surface area contributed by atoms with E-state index in [-0.39, 0.29) is 11.7 Å². The van der Waals surface area contributed by atoms with Gasteiger partial charge in [-0.3, -0.25) is 4.79 Å². The Morgan fingerprint density at radius 3 is 2.68 bits per heavy atom. The molecule has 3 rings (SSSR count). The van der Waals surface area contributed by atoms with E-state index < -0.39 is 5.97 Å². The Morgan fingerprint density at radius 2 is 2.00 bits per heavy atom. The van der Waals surface area contributed by atoms with Crippen molar-refractivity contribution in [1.82, 2.24) is 14.9 Å². The van der Waals surface area contributed by atoms with Crippen molar-refractivity contribution in [3.05, 3.63) is 21.8 Å². The maximum atomic E-state index is 12.4. The van der Waals surface area contributed by atoms with Gasteiger partial charge in [-0.25, -0.2) is 9.47 Å². The van der Waals surface area contributed by atoms with E-state index in [1.165, 1.54) is 54.1 Å². The Kier molecular flexibility index (Phi) is 6.61. The molecule has 28 heavy (non-hydrogen) atoms. The number of ether oxygens (including phenoxy) is 1. The van der Waals surface area contributed by atoms with E-state index in [1.54, 1.807) is 0 Å². The summed E-state index contributed by atoms with van der Waals surface area (Å²) in [6.07, 6.45) is 5.78. The minimum absolute atomic E-state index is 0.122. The first kappa shape index (κ1) is 20.7. The summed E-state index contributed by atoms with van der Waals surface area (Å²) in [5.74, 6) is 6.72. The van der Waals surface area contributed by atoms with Crippen LogP contribution in [0.15, 0.2) is 5.16 Å². The average Bonchev–Trinajstić information content (AvgIpc) is 3.19. The molecule has 10 heteroatoms. The van der Waals surface area contributed by atoms with Gasteiger partial charge < -0.3 is 15.9 Å². The number of aromatic nitrogens is 3. The van der Waals surface area contributed by atoms with Crippen molar-refractivity contribution < 1.29 is 14.3 Å². The number of rotatable bonds is 6. The number of hydrogen-bond acceptors (Lipinski definition) is 8. The molecule has 3 N–H and O–H groups in total. The van der Waals surface area contributed by atoms with Gasteiger partial charge >= 0.3 is 5.97 Å². The number of carbonyl (C=O) groups excluding carboxylic acids is 2. The Labute approximate surface area is 172 Å². The number of methoxy groups -OCH3 is 1. The number of anilines is 1. The zero-order valence-corrected chi connectivity index (χ0v) is 17.9. The number of thiophene rings is 1. The van der Waals surface area contributed by atoms with Gasteiger partial charge in [0.05, 0.1) is 18.4 Å². The van der Waals surface area contributed by atoms with Crippen LogP contribution in [0.5, 0.6) is 0 Å². The molecule has 0 aliphatic heterocycles. The van der Waals surface area contributed by atoms with Crippen LogP contribution in [0.1, 0.15) is 64.6 Å². The van der Waals surface area contributed by atoms with E-state index in [0.29, 0.717) is 21.6 Å². The third-order valence-electron chi connectivity index (χ3n) is 5.02. The van der Waals surface area contributed by atoms with Crippen LogP contribution >= 0.6 is 23.1 Å². The predicted molar refractivity (Wildman–Crippen MR) is 110 cm³/mol. The van der Waals surface area contributed by atoms with Crippen molar-refractivity contribution in [2.24, 2.45) is 0 Å². The molecule has 8 nitrogen and oxygen atoms in total.